The molecule has 0 aliphatic rings. The van der Waals surface area contributed by atoms with Crippen molar-refractivity contribution < 1.29 is 23.1 Å². The van der Waals surface area contributed by atoms with Crippen molar-refractivity contribution in [3.05, 3.63) is 0 Å². The van der Waals surface area contributed by atoms with Crippen LogP contribution in [0.15, 0.2) is 0 Å². The maximum atomic E-state index is 12.1. The molecule has 0 aliphatic carbocycles. The maximum absolute atomic E-state index is 12.1. The van der Waals surface area contributed by atoms with Crippen LogP contribution in [0, 0.1) is 12.3 Å². The Labute approximate surface area is 129 Å². The van der Waals surface area contributed by atoms with Crippen LogP contribution in [-0.4, -0.2) is 55.2 Å². The zero-order chi connectivity index (χ0) is 16.5. The Morgan fingerprint density at radius 2 is 2.00 bits per heavy atom. The van der Waals surface area contributed by atoms with Crippen molar-refractivity contribution in [3.8, 4) is 12.3 Å². The number of thioether (sulfide) groups is 1. The van der Waals surface area contributed by atoms with Gasteiger partial charge in [-0.25, -0.2) is 17.9 Å². The van der Waals surface area contributed by atoms with E-state index in [0.29, 0.717) is 5.75 Å². The predicted octanol–water partition coefficient (Wildman–Crippen LogP) is -0.360. The van der Waals surface area contributed by atoms with E-state index in [-0.39, 0.29) is 18.6 Å². The van der Waals surface area contributed by atoms with Gasteiger partial charge in [0.2, 0.25) is 15.9 Å². The summed E-state index contributed by atoms with van der Waals surface area (Å²) < 4.78 is 25.4. The molecule has 0 aromatic carbocycles. The fraction of sp³-hybridized carbons (Fsp3) is 0.667. The van der Waals surface area contributed by atoms with Gasteiger partial charge in [0.25, 0.3) is 0 Å². The van der Waals surface area contributed by atoms with Gasteiger partial charge in [-0.05, 0) is 25.4 Å². The van der Waals surface area contributed by atoms with Crippen LogP contribution >= 0.6 is 11.8 Å². The van der Waals surface area contributed by atoms with Crippen molar-refractivity contribution >= 4 is 33.7 Å². The lowest BCUT2D eigenvalue weighted by molar-refractivity contribution is -0.141. The number of carboxylic acid groups (broad SMARTS) is 1. The number of carbonyl (C=O) groups is 2. The summed E-state index contributed by atoms with van der Waals surface area (Å²) in [5.74, 6) is 0.595. The predicted molar refractivity (Wildman–Crippen MR) is 82.4 cm³/mol. The number of hydrogen-bond donors (Lipinski definition) is 3. The van der Waals surface area contributed by atoms with E-state index in [1.54, 1.807) is 0 Å². The Kier molecular flexibility index (Phi) is 9.08. The van der Waals surface area contributed by atoms with Gasteiger partial charge in [-0.2, -0.15) is 11.8 Å². The Balaban J connectivity index is 4.94. The van der Waals surface area contributed by atoms with Gasteiger partial charge in [-0.3, -0.25) is 4.79 Å². The van der Waals surface area contributed by atoms with Gasteiger partial charge in [0.15, 0.2) is 0 Å². The molecule has 2 atom stereocenters. The van der Waals surface area contributed by atoms with Crippen molar-refractivity contribution in [1.29, 1.82) is 0 Å². The smallest absolute Gasteiger partial charge is 0.327 e. The standard InChI is InChI=1S/C12H20N2O5S2/c1-4-6-10(12(16)17)13-11(15)9(7-8-20-3)14-21(18,19)5-2/h1,9-10,14H,5-8H2,2-3H3,(H,13,15)(H,16,17). The third-order valence-corrected chi connectivity index (χ3v) is 4.61. The van der Waals surface area contributed by atoms with E-state index in [0.717, 1.165) is 0 Å². The lowest BCUT2D eigenvalue weighted by Gasteiger charge is -2.20. The van der Waals surface area contributed by atoms with Crippen LogP contribution in [0.3, 0.4) is 0 Å². The van der Waals surface area contributed by atoms with E-state index in [9.17, 15) is 18.0 Å². The summed E-state index contributed by atoms with van der Waals surface area (Å²) in [4.78, 5) is 23.0. The van der Waals surface area contributed by atoms with Gasteiger partial charge in [-0.15, -0.1) is 12.3 Å². The normalized spacial score (nSPS) is 14.0. The summed E-state index contributed by atoms with van der Waals surface area (Å²) in [6.45, 7) is 1.45. The van der Waals surface area contributed by atoms with Crippen molar-refractivity contribution in [3.63, 3.8) is 0 Å². The molecule has 0 radical (unpaired) electrons. The Hall–Kier alpha value is -1.24. The first kappa shape index (κ1) is 19.8. The number of aliphatic carboxylic acids is 1. The molecule has 0 saturated heterocycles. The van der Waals surface area contributed by atoms with Crippen LogP contribution in [-0.2, 0) is 19.6 Å². The SMILES string of the molecule is C#CCC(NC(=O)C(CCSC)NS(=O)(=O)CC)C(=O)O. The first-order valence-corrected chi connectivity index (χ1v) is 9.27. The van der Waals surface area contributed by atoms with Crippen molar-refractivity contribution in [2.75, 3.05) is 17.8 Å². The van der Waals surface area contributed by atoms with Crippen molar-refractivity contribution in [1.82, 2.24) is 10.0 Å². The molecule has 120 valence electrons. The molecule has 0 spiro atoms. The molecule has 0 bridgehead atoms. The van der Waals surface area contributed by atoms with Gasteiger partial charge in [-0.1, -0.05) is 0 Å². The first-order chi connectivity index (χ1) is 9.77. The van der Waals surface area contributed by atoms with Crippen LogP contribution in [0.4, 0.5) is 0 Å². The van der Waals surface area contributed by atoms with Gasteiger partial charge < -0.3 is 10.4 Å². The van der Waals surface area contributed by atoms with Gasteiger partial charge in [0.1, 0.15) is 12.1 Å². The highest BCUT2D eigenvalue weighted by Gasteiger charge is 2.27. The molecule has 2 unspecified atom stereocenters. The third kappa shape index (κ3) is 7.94. The van der Waals surface area contributed by atoms with Gasteiger partial charge in [0, 0.05) is 6.42 Å². The lowest BCUT2D eigenvalue weighted by atomic mass is 10.1. The summed E-state index contributed by atoms with van der Waals surface area (Å²) in [5.41, 5.74) is 0. The Morgan fingerprint density at radius 1 is 1.38 bits per heavy atom. The number of carbonyl (C=O) groups excluding carboxylic acids is 1. The molecule has 7 nitrogen and oxygen atoms in total. The number of hydrogen-bond acceptors (Lipinski definition) is 5. The molecule has 0 heterocycles. The van der Waals surface area contributed by atoms with Crippen LogP contribution in [0.25, 0.3) is 0 Å². The zero-order valence-corrected chi connectivity index (χ0v) is 13.6. The zero-order valence-electron chi connectivity index (χ0n) is 12.0. The highest BCUT2D eigenvalue weighted by atomic mass is 32.2. The minimum Gasteiger partial charge on any atom is -0.480 e. The molecule has 0 rings (SSSR count). The second-order valence-electron chi connectivity index (χ2n) is 4.16. The van der Waals surface area contributed by atoms with Crippen LogP contribution in [0.5, 0.6) is 0 Å². The number of sulfonamides is 1. The minimum atomic E-state index is -3.57. The van der Waals surface area contributed by atoms with Crippen LogP contribution in [0.2, 0.25) is 0 Å². The molecule has 0 fully saturated rings. The minimum absolute atomic E-state index is 0.164. The summed E-state index contributed by atoms with van der Waals surface area (Å²) in [6.07, 6.45) is 6.95. The quantitative estimate of drug-likeness (QED) is 0.470. The molecule has 1 amide bonds. The molecule has 0 saturated carbocycles. The first-order valence-electron chi connectivity index (χ1n) is 6.23. The van der Waals surface area contributed by atoms with E-state index >= 15 is 0 Å². The third-order valence-electron chi connectivity index (χ3n) is 2.57. The average Bonchev–Trinajstić information content (AvgIpc) is 2.42. The van der Waals surface area contributed by atoms with E-state index in [4.69, 9.17) is 11.5 Å². The van der Waals surface area contributed by atoms with E-state index in [1.165, 1.54) is 18.7 Å². The van der Waals surface area contributed by atoms with E-state index < -0.39 is 34.0 Å². The number of nitrogens with one attached hydrogen (secondary N) is 2. The van der Waals surface area contributed by atoms with Crippen LogP contribution < -0.4 is 10.0 Å². The topological polar surface area (TPSA) is 113 Å². The van der Waals surface area contributed by atoms with Crippen molar-refractivity contribution in [2.24, 2.45) is 0 Å². The number of rotatable bonds is 10. The van der Waals surface area contributed by atoms with Gasteiger partial charge >= 0.3 is 5.97 Å². The summed E-state index contributed by atoms with van der Waals surface area (Å²) in [5, 5.41) is 11.2. The van der Waals surface area contributed by atoms with Gasteiger partial charge in [0.05, 0.1) is 5.75 Å². The average molecular weight is 336 g/mol. The molecule has 0 aromatic rings. The van der Waals surface area contributed by atoms with Crippen molar-refractivity contribution in [2.45, 2.75) is 31.8 Å². The fourth-order valence-electron chi connectivity index (χ4n) is 1.37. The molecule has 21 heavy (non-hydrogen) atoms. The fourth-order valence-corrected chi connectivity index (χ4v) is 2.67. The van der Waals surface area contributed by atoms with Crippen LogP contribution in [0.1, 0.15) is 19.8 Å². The van der Waals surface area contributed by atoms with E-state index in [1.807, 2.05) is 6.26 Å². The second-order valence-corrected chi connectivity index (χ2v) is 7.19. The molecular weight excluding hydrogens is 316 g/mol. The summed E-state index contributed by atoms with van der Waals surface area (Å²) in [6, 6.07) is -2.24. The highest BCUT2D eigenvalue weighted by molar-refractivity contribution is 7.98. The molecule has 0 aliphatic heterocycles. The highest BCUT2D eigenvalue weighted by Crippen LogP contribution is 2.04. The number of amides is 1. The molecule has 3 N–H and O–H groups in total. The van der Waals surface area contributed by atoms with E-state index in [2.05, 4.69) is 16.0 Å². The molecule has 9 heteroatoms. The Morgan fingerprint density at radius 3 is 2.43 bits per heavy atom. The number of carboxylic acids is 1. The molecular formula is C12H20N2O5S2. The second kappa shape index (κ2) is 9.65. The summed E-state index contributed by atoms with van der Waals surface area (Å²) >= 11 is 1.45. The Bertz CT molecular complexity index is 498. The molecule has 0 aromatic heterocycles. The lowest BCUT2D eigenvalue weighted by Crippen LogP contribution is -2.51. The largest absolute Gasteiger partial charge is 0.480 e. The number of terminal acetylenes is 1. The summed E-state index contributed by atoms with van der Waals surface area (Å²) in [7, 11) is -3.57. The maximum Gasteiger partial charge on any atom is 0.327 e. The monoisotopic (exact) mass is 336 g/mol.